The third-order valence-electron chi connectivity index (χ3n) is 3.87. The maximum Gasteiger partial charge on any atom is 0.323 e. The summed E-state index contributed by atoms with van der Waals surface area (Å²) in [6.07, 6.45) is 0.573. The van der Waals surface area contributed by atoms with Gasteiger partial charge in [-0.15, -0.1) is 11.3 Å². The number of likely N-dealkylation sites (N-methyl/N-ethyl adjacent to an activating group) is 1. The second-order valence-electron chi connectivity index (χ2n) is 6.01. The summed E-state index contributed by atoms with van der Waals surface area (Å²) in [6, 6.07) is -0.338. The Bertz CT molecular complexity index is 570. The van der Waals surface area contributed by atoms with E-state index in [0.29, 0.717) is 23.8 Å². The standard InChI is InChI=1S/C15H23N3O3S/c1-8(2)14-16-9(3)12(22-14)13(19)17-10-6-11(15(20)21-5)18(4)7-10/h8,10-11H,6-7H2,1-5H3,(H,17,19). The van der Waals surface area contributed by atoms with Crippen molar-refractivity contribution in [1.29, 1.82) is 0 Å². The fourth-order valence-corrected chi connectivity index (χ4v) is 3.61. The molecule has 0 radical (unpaired) electrons. The lowest BCUT2D eigenvalue weighted by Crippen LogP contribution is -2.36. The SMILES string of the molecule is COC(=O)C1CC(NC(=O)c2sc(C(C)C)nc2C)CN1C. The molecule has 0 aliphatic carbocycles. The van der Waals surface area contributed by atoms with Gasteiger partial charge >= 0.3 is 5.97 Å². The zero-order valence-corrected chi connectivity index (χ0v) is 14.5. The molecule has 0 saturated carbocycles. The summed E-state index contributed by atoms with van der Waals surface area (Å²) >= 11 is 1.44. The first kappa shape index (κ1) is 16.9. The van der Waals surface area contributed by atoms with Crippen LogP contribution in [0.25, 0.3) is 0 Å². The number of ether oxygens (including phenoxy) is 1. The second-order valence-corrected chi connectivity index (χ2v) is 7.04. The van der Waals surface area contributed by atoms with Crippen LogP contribution in [0, 0.1) is 6.92 Å². The average molecular weight is 325 g/mol. The lowest BCUT2D eigenvalue weighted by atomic mass is 10.1. The van der Waals surface area contributed by atoms with E-state index in [0.717, 1.165) is 10.7 Å². The van der Waals surface area contributed by atoms with Crippen molar-refractivity contribution in [3.05, 3.63) is 15.6 Å². The molecule has 0 bridgehead atoms. The molecule has 2 unspecified atom stereocenters. The number of methoxy groups -OCH3 is 1. The maximum absolute atomic E-state index is 12.4. The smallest absolute Gasteiger partial charge is 0.323 e. The third kappa shape index (κ3) is 3.47. The van der Waals surface area contributed by atoms with Crippen molar-refractivity contribution in [2.75, 3.05) is 20.7 Å². The van der Waals surface area contributed by atoms with Gasteiger partial charge in [-0.1, -0.05) is 13.8 Å². The van der Waals surface area contributed by atoms with Crippen LogP contribution in [0.1, 0.15) is 46.6 Å². The van der Waals surface area contributed by atoms with Gasteiger partial charge in [0.25, 0.3) is 5.91 Å². The Labute approximate surface area is 134 Å². The lowest BCUT2D eigenvalue weighted by molar-refractivity contribution is -0.145. The van der Waals surface area contributed by atoms with E-state index in [4.69, 9.17) is 4.74 Å². The zero-order chi connectivity index (χ0) is 16.4. The summed E-state index contributed by atoms with van der Waals surface area (Å²) in [5, 5.41) is 3.98. The highest BCUT2D eigenvalue weighted by molar-refractivity contribution is 7.13. The molecule has 1 aliphatic heterocycles. The number of carbonyl (C=O) groups excluding carboxylic acids is 2. The molecule has 7 heteroatoms. The van der Waals surface area contributed by atoms with Gasteiger partial charge < -0.3 is 10.1 Å². The van der Waals surface area contributed by atoms with E-state index in [-0.39, 0.29) is 24.0 Å². The number of nitrogens with zero attached hydrogens (tertiary/aromatic N) is 2. The van der Waals surface area contributed by atoms with Gasteiger partial charge in [-0.05, 0) is 20.4 Å². The number of thiazole rings is 1. The zero-order valence-electron chi connectivity index (χ0n) is 13.7. The van der Waals surface area contributed by atoms with E-state index in [1.54, 1.807) is 0 Å². The molecular formula is C15H23N3O3S. The number of rotatable bonds is 4. The highest BCUT2D eigenvalue weighted by atomic mass is 32.1. The Kier molecular flexibility index (Phi) is 5.18. The van der Waals surface area contributed by atoms with Gasteiger partial charge in [0, 0.05) is 18.5 Å². The second kappa shape index (κ2) is 6.75. The highest BCUT2D eigenvalue weighted by Crippen LogP contribution is 2.25. The Morgan fingerprint density at radius 1 is 1.45 bits per heavy atom. The Morgan fingerprint density at radius 2 is 2.14 bits per heavy atom. The highest BCUT2D eigenvalue weighted by Gasteiger charge is 2.36. The molecule has 122 valence electrons. The summed E-state index contributed by atoms with van der Waals surface area (Å²) in [6.45, 7) is 6.62. The van der Waals surface area contributed by atoms with Gasteiger partial charge in [0.1, 0.15) is 10.9 Å². The minimum Gasteiger partial charge on any atom is -0.468 e. The minimum atomic E-state index is -0.288. The Morgan fingerprint density at radius 3 is 2.68 bits per heavy atom. The maximum atomic E-state index is 12.4. The molecule has 2 atom stereocenters. The van der Waals surface area contributed by atoms with Gasteiger partial charge in [-0.3, -0.25) is 14.5 Å². The van der Waals surface area contributed by atoms with E-state index in [9.17, 15) is 9.59 Å². The number of nitrogens with one attached hydrogen (secondary N) is 1. The van der Waals surface area contributed by atoms with E-state index in [1.165, 1.54) is 18.4 Å². The molecule has 2 rings (SSSR count). The van der Waals surface area contributed by atoms with Gasteiger partial charge in [-0.25, -0.2) is 4.98 Å². The van der Waals surface area contributed by atoms with Crippen molar-refractivity contribution < 1.29 is 14.3 Å². The molecule has 1 saturated heterocycles. The topological polar surface area (TPSA) is 71.5 Å². The lowest BCUT2D eigenvalue weighted by Gasteiger charge is -2.15. The van der Waals surface area contributed by atoms with Crippen molar-refractivity contribution in [3.8, 4) is 0 Å². The number of carbonyl (C=O) groups is 2. The van der Waals surface area contributed by atoms with Gasteiger partial charge in [0.2, 0.25) is 0 Å². The fraction of sp³-hybridized carbons (Fsp3) is 0.667. The number of hydrogen-bond acceptors (Lipinski definition) is 6. The van der Waals surface area contributed by atoms with Crippen molar-refractivity contribution in [1.82, 2.24) is 15.2 Å². The van der Waals surface area contributed by atoms with Crippen LogP contribution in [0.15, 0.2) is 0 Å². The van der Waals surface area contributed by atoms with Crippen LogP contribution >= 0.6 is 11.3 Å². The fourth-order valence-electron chi connectivity index (χ4n) is 2.64. The van der Waals surface area contributed by atoms with Crippen molar-refractivity contribution in [3.63, 3.8) is 0 Å². The van der Waals surface area contributed by atoms with E-state index in [1.807, 2.05) is 18.9 Å². The van der Waals surface area contributed by atoms with Crippen LogP contribution in [0.3, 0.4) is 0 Å². The van der Waals surface area contributed by atoms with Gasteiger partial charge in [0.15, 0.2) is 0 Å². The summed E-state index contributed by atoms with van der Waals surface area (Å²) in [4.78, 5) is 31.1. The molecule has 0 aromatic carbocycles. The van der Waals surface area contributed by atoms with E-state index >= 15 is 0 Å². The molecule has 1 aromatic heterocycles. The molecule has 22 heavy (non-hydrogen) atoms. The summed E-state index contributed by atoms with van der Waals surface area (Å²) in [7, 11) is 3.25. The molecular weight excluding hydrogens is 302 g/mol. The minimum absolute atomic E-state index is 0.0504. The molecule has 2 heterocycles. The number of aromatic nitrogens is 1. The van der Waals surface area contributed by atoms with Gasteiger partial charge in [-0.2, -0.15) is 0 Å². The van der Waals surface area contributed by atoms with Crippen LogP contribution in [0.4, 0.5) is 0 Å². The van der Waals surface area contributed by atoms with Crippen LogP contribution in [0.2, 0.25) is 0 Å². The predicted molar refractivity (Wildman–Crippen MR) is 85.2 cm³/mol. The largest absolute Gasteiger partial charge is 0.468 e. The first-order valence-electron chi connectivity index (χ1n) is 7.39. The summed E-state index contributed by atoms with van der Waals surface area (Å²) in [5.41, 5.74) is 0.766. The average Bonchev–Trinajstić information content (AvgIpc) is 3.01. The van der Waals surface area contributed by atoms with Crippen LogP contribution in [-0.4, -0.2) is 54.5 Å². The first-order valence-corrected chi connectivity index (χ1v) is 8.21. The van der Waals surface area contributed by atoms with Crippen LogP contribution < -0.4 is 5.32 Å². The van der Waals surface area contributed by atoms with E-state index < -0.39 is 0 Å². The Balaban J connectivity index is 2.03. The third-order valence-corrected chi connectivity index (χ3v) is 5.33. The molecule has 1 aromatic rings. The molecule has 1 amide bonds. The summed E-state index contributed by atoms with van der Waals surface area (Å²) in [5.74, 6) is -0.0484. The normalized spacial score (nSPS) is 22.1. The van der Waals surface area contributed by atoms with E-state index in [2.05, 4.69) is 24.1 Å². The molecule has 1 aliphatic rings. The predicted octanol–water partition coefficient (Wildman–Crippen LogP) is 1.55. The molecule has 1 N–H and O–H groups in total. The first-order chi connectivity index (χ1) is 10.3. The van der Waals surface area contributed by atoms with Gasteiger partial charge in [0.05, 0.1) is 17.8 Å². The number of amides is 1. The number of esters is 1. The molecule has 0 spiro atoms. The monoisotopic (exact) mass is 325 g/mol. The van der Waals surface area contributed by atoms with Crippen molar-refractivity contribution in [2.24, 2.45) is 0 Å². The Hall–Kier alpha value is -1.47. The summed E-state index contributed by atoms with van der Waals surface area (Å²) < 4.78 is 4.79. The van der Waals surface area contributed by atoms with Crippen LogP contribution in [0.5, 0.6) is 0 Å². The van der Waals surface area contributed by atoms with Crippen molar-refractivity contribution >= 4 is 23.2 Å². The molecule has 6 nitrogen and oxygen atoms in total. The van der Waals surface area contributed by atoms with Crippen LogP contribution in [-0.2, 0) is 9.53 Å². The number of aryl methyl sites for hydroxylation is 1. The quantitative estimate of drug-likeness (QED) is 0.851. The number of likely N-dealkylation sites (tertiary alicyclic amines) is 1. The van der Waals surface area contributed by atoms with Crippen molar-refractivity contribution in [2.45, 2.75) is 45.2 Å². The molecule has 1 fully saturated rings. The number of hydrogen-bond donors (Lipinski definition) is 1.